The Morgan fingerprint density at radius 1 is 1.44 bits per heavy atom. The van der Waals surface area contributed by atoms with Gasteiger partial charge in [-0.3, -0.25) is 4.79 Å². The van der Waals surface area contributed by atoms with E-state index in [1.54, 1.807) is 0 Å². The summed E-state index contributed by atoms with van der Waals surface area (Å²) in [4.78, 5) is 12.1. The van der Waals surface area contributed by atoms with Gasteiger partial charge in [-0.15, -0.1) is 0 Å². The first-order valence-corrected chi connectivity index (χ1v) is 6.33. The van der Waals surface area contributed by atoms with Gasteiger partial charge in [0.2, 0.25) is 5.91 Å². The fraction of sp³-hybridized carbons (Fsp3) is 0.917. The molecule has 0 radical (unpaired) electrons. The normalized spacial score (nSPS) is 35.7. The molecule has 2 saturated heterocycles. The molecule has 4 nitrogen and oxygen atoms in total. The maximum Gasteiger partial charge on any atom is 0.237 e. The smallest absolute Gasteiger partial charge is 0.237 e. The van der Waals surface area contributed by atoms with E-state index >= 15 is 0 Å². The largest absolute Gasteiger partial charge is 0.379 e. The van der Waals surface area contributed by atoms with Crippen LogP contribution >= 0.6 is 0 Å². The van der Waals surface area contributed by atoms with Crippen LogP contribution in [0.15, 0.2) is 0 Å². The monoisotopic (exact) mass is 226 g/mol. The Labute approximate surface area is 97.1 Å². The van der Waals surface area contributed by atoms with Gasteiger partial charge < -0.3 is 15.4 Å². The summed E-state index contributed by atoms with van der Waals surface area (Å²) in [5, 5.41) is 6.45. The molecule has 2 heterocycles. The van der Waals surface area contributed by atoms with Crippen LogP contribution in [0.4, 0.5) is 0 Å². The van der Waals surface area contributed by atoms with Crippen LogP contribution < -0.4 is 10.6 Å². The minimum absolute atomic E-state index is 0.0000694. The molecule has 16 heavy (non-hydrogen) atoms. The van der Waals surface area contributed by atoms with E-state index in [1.807, 2.05) is 0 Å². The van der Waals surface area contributed by atoms with Gasteiger partial charge in [0.25, 0.3) is 0 Å². The first-order chi connectivity index (χ1) is 7.70. The van der Waals surface area contributed by atoms with Crippen molar-refractivity contribution >= 4 is 5.91 Å². The Morgan fingerprint density at radius 2 is 2.31 bits per heavy atom. The Bertz CT molecular complexity index is 241. The van der Waals surface area contributed by atoms with Crippen molar-refractivity contribution in [3.63, 3.8) is 0 Å². The molecule has 0 aromatic heterocycles. The molecule has 0 aliphatic carbocycles. The minimum Gasteiger partial charge on any atom is -0.379 e. The number of carbonyl (C=O) groups excluding carboxylic acids is 1. The second kappa shape index (κ2) is 5.15. The van der Waals surface area contributed by atoms with Crippen LogP contribution in [-0.4, -0.2) is 37.2 Å². The zero-order valence-corrected chi connectivity index (χ0v) is 10.1. The summed E-state index contributed by atoms with van der Waals surface area (Å²) < 4.78 is 5.34. The summed E-state index contributed by atoms with van der Waals surface area (Å²) in [6, 6.07) is -0.0000694. The summed E-state index contributed by atoms with van der Waals surface area (Å²) in [5.74, 6) is 0.148. The maximum atomic E-state index is 12.1. The topological polar surface area (TPSA) is 50.4 Å². The van der Waals surface area contributed by atoms with Gasteiger partial charge in [0, 0.05) is 6.61 Å². The molecule has 2 N–H and O–H groups in total. The SMILES string of the molecule is CC1(NC(=O)C2CCCCCN2)CCOC1. The van der Waals surface area contributed by atoms with E-state index in [9.17, 15) is 4.79 Å². The van der Waals surface area contributed by atoms with E-state index in [-0.39, 0.29) is 17.5 Å². The third-order valence-corrected chi connectivity index (χ3v) is 3.52. The fourth-order valence-corrected chi connectivity index (χ4v) is 2.40. The van der Waals surface area contributed by atoms with Crippen molar-refractivity contribution in [2.24, 2.45) is 0 Å². The quantitative estimate of drug-likeness (QED) is 0.732. The number of rotatable bonds is 2. The molecule has 2 unspecified atom stereocenters. The predicted molar refractivity (Wildman–Crippen MR) is 62.2 cm³/mol. The number of ether oxygens (including phenoxy) is 1. The van der Waals surface area contributed by atoms with Crippen LogP contribution in [0.25, 0.3) is 0 Å². The highest BCUT2D eigenvalue weighted by atomic mass is 16.5. The van der Waals surface area contributed by atoms with Gasteiger partial charge in [0.05, 0.1) is 18.2 Å². The van der Waals surface area contributed by atoms with E-state index in [0.29, 0.717) is 6.61 Å². The molecule has 2 aliphatic rings. The minimum atomic E-state index is -0.148. The number of hydrogen-bond acceptors (Lipinski definition) is 3. The van der Waals surface area contributed by atoms with Crippen molar-refractivity contribution < 1.29 is 9.53 Å². The average Bonchev–Trinajstić information content (AvgIpc) is 2.56. The van der Waals surface area contributed by atoms with Crippen molar-refractivity contribution in [2.45, 2.75) is 50.6 Å². The van der Waals surface area contributed by atoms with Crippen molar-refractivity contribution in [2.75, 3.05) is 19.8 Å². The molecule has 0 bridgehead atoms. The van der Waals surface area contributed by atoms with Crippen LogP contribution in [-0.2, 0) is 9.53 Å². The van der Waals surface area contributed by atoms with Crippen molar-refractivity contribution in [3.05, 3.63) is 0 Å². The molecule has 2 fully saturated rings. The molecule has 4 heteroatoms. The molecule has 0 aromatic rings. The molecule has 0 saturated carbocycles. The first-order valence-electron chi connectivity index (χ1n) is 6.33. The highest BCUT2D eigenvalue weighted by Gasteiger charge is 2.33. The van der Waals surface area contributed by atoms with Crippen LogP contribution in [0.3, 0.4) is 0 Å². The van der Waals surface area contributed by atoms with Gasteiger partial charge in [-0.1, -0.05) is 12.8 Å². The van der Waals surface area contributed by atoms with Gasteiger partial charge >= 0.3 is 0 Å². The Hall–Kier alpha value is -0.610. The molecule has 92 valence electrons. The lowest BCUT2D eigenvalue weighted by molar-refractivity contribution is -0.125. The van der Waals surface area contributed by atoms with Gasteiger partial charge in [0.1, 0.15) is 0 Å². The molecule has 2 atom stereocenters. The summed E-state index contributed by atoms with van der Waals surface area (Å²) in [6.07, 6.45) is 5.45. The van der Waals surface area contributed by atoms with E-state index in [1.165, 1.54) is 12.8 Å². The Kier molecular flexibility index (Phi) is 3.82. The summed E-state index contributed by atoms with van der Waals surface area (Å²) in [5.41, 5.74) is -0.148. The zero-order chi connectivity index (χ0) is 11.4. The van der Waals surface area contributed by atoms with E-state index in [0.717, 1.165) is 32.4 Å². The Morgan fingerprint density at radius 3 is 3.06 bits per heavy atom. The standard InChI is InChI=1S/C12H22N2O2/c1-12(6-8-16-9-12)14-11(15)10-5-3-2-4-7-13-10/h10,13H,2-9H2,1H3,(H,14,15). The molecular weight excluding hydrogens is 204 g/mol. The van der Waals surface area contributed by atoms with Crippen molar-refractivity contribution in [3.8, 4) is 0 Å². The molecular formula is C12H22N2O2. The van der Waals surface area contributed by atoms with Gasteiger partial charge in [-0.2, -0.15) is 0 Å². The van der Waals surface area contributed by atoms with Crippen molar-refractivity contribution in [1.82, 2.24) is 10.6 Å². The summed E-state index contributed by atoms with van der Waals surface area (Å²) >= 11 is 0. The number of carbonyl (C=O) groups is 1. The second-order valence-electron chi connectivity index (χ2n) is 5.21. The van der Waals surface area contributed by atoms with Crippen molar-refractivity contribution in [1.29, 1.82) is 0 Å². The van der Waals surface area contributed by atoms with Crippen LogP contribution in [0.2, 0.25) is 0 Å². The predicted octanol–water partition coefficient (Wildman–Crippen LogP) is 0.814. The zero-order valence-electron chi connectivity index (χ0n) is 10.1. The molecule has 1 amide bonds. The highest BCUT2D eigenvalue weighted by molar-refractivity contribution is 5.82. The molecule has 0 spiro atoms. The molecule has 2 rings (SSSR count). The number of amides is 1. The third-order valence-electron chi connectivity index (χ3n) is 3.52. The number of hydrogen-bond donors (Lipinski definition) is 2. The van der Waals surface area contributed by atoms with Gasteiger partial charge in [-0.25, -0.2) is 0 Å². The lowest BCUT2D eigenvalue weighted by Gasteiger charge is -2.26. The maximum absolute atomic E-state index is 12.1. The lowest BCUT2D eigenvalue weighted by Crippen LogP contribution is -2.53. The van der Waals surface area contributed by atoms with E-state index < -0.39 is 0 Å². The molecule has 0 aromatic carbocycles. The second-order valence-corrected chi connectivity index (χ2v) is 5.21. The highest BCUT2D eigenvalue weighted by Crippen LogP contribution is 2.18. The summed E-state index contributed by atoms with van der Waals surface area (Å²) in [6.45, 7) is 4.43. The number of nitrogens with one attached hydrogen (secondary N) is 2. The first kappa shape index (κ1) is 11.9. The van der Waals surface area contributed by atoms with Gasteiger partial charge in [-0.05, 0) is 32.7 Å². The van der Waals surface area contributed by atoms with Crippen LogP contribution in [0.1, 0.15) is 39.0 Å². The van der Waals surface area contributed by atoms with Crippen LogP contribution in [0, 0.1) is 0 Å². The lowest BCUT2D eigenvalue weighted by atomic mass is 10.0. The van der Waals surface area contributed by atoms with Gasteiger partial charge in [0.15, 0.2) is 0 Å². The van der Waals surface area contributed by atoms with E-state index in [2.05, 4.69) is 17.6 Å². The third kappa shape index (κ3) is 2.95. The Balaban J connectivity index is 1.86. The summed E-state index contributed by atoms with van der Waals surface area (Å²) in [7, 11) is 0. The van der Waals surface area contributed by atoms with Crippen LogP contribution in [0.5, 0.6) is 0 Å². The molecule has 2 aliphatic heterocycles. The van der Waals surface area contributed by atoms with E-state index in [4.69, 9.17) is 4.74 Å². The fourth-order valence-electron chi connectivity index (χ4n) is 2.40. The average molecular weight is 226 g/mol.